The number of anilines is 1. The quantitative estimate of drug-likeness (QED) is 0.793. The highest BCUT2D eigenvalue weighted by Gasteiger charge is 2.26. The summed E-state index contributed by atoms with van der Waals surface area (Å²) in [4.78, 5) is 0. The van der Waals surface area contributed by atoms with Gasteiger partial charge in [-0.05, 0) is 36.6 Å². The van der Waals surface area contributed by atoms with Gasteiger partial charge in [-0.2, -0.15) is 0 Å². The van der Waals surface area contributed by atoms with E-state index >= 15 is 0 Å². The fourth-order valence-corrected chi connectivity index (χ4v) is 3.32. The van der Waals surface area contributed by atoms with Crippen LogP contribution in [-0.2, 0) is 0 Å². The lowest BCUT2D eigenvalue weighted by Gasteiger charge is -2.33. The predicted molar refractivity (Wildman–Crippen MR) is 89.4 cm³/mol. The van der Waals surface area contributed by atoms with Crippen molar-refractivity contribution < 1.29 is 0 Å². The molecule has 1 aliphatic carbocycles. The summed E-state index contributed by atoms with van der Waals surface area (Å²) in [5, 5.41) is 3.71. The van der Waals surface area contributed by atoms with Crippen LogP contribution < -0.4 is 5.32 Å². The van der Waals surface area contributed by atoms with Crippen LogP contribution in [0.3, 0.4) is 0 Å². The molecule has 2 aromatic rings. The van der Waals surface area contributed by atoms with Gasteiger partial charge in [-0.1, -0.05) is 55.2 Å². The van der Waals surface area contributed by atoms with Gasteiger partial charge in [-0.15, -0.1) is 6.42 Å². The molecule has 1 N–H and O–H groups in total. The van der Waals surface area contributed by atoms with Gasteiger partial charge in [0.25, 0.3) is 0 Å². The minimum absolute atomic E-state index is 0.495. The summed E-state index contributed by atoms with van der Waals surface area (Å²) in [6, 6.07) is 19.5. The Morgan fingerprint density at radius 1 is 0.952 bits per heavy atom. The number of rotatable bonds is 3. The second-order valence-electron chi connectivity index (χ2n) is 5.78. The molecule has 0 heterocycles. The first-order chi connectivity index (χ1) is 10.4. The minimum atomic E-state index is 0.495. The molecule has 0 spiro atoms. The van der Waals surface area contributed by atoms with E-state index in [-0.39, 0.29) is 0 Å². The molecule has 2 aromatic carbocycles. The second-order valence-corrected chi connectivity index (χ2v) is 5.78. The van der Waals surface area contributed by atoms with Crippen LogP contribution in [0.1, 0.15) is 42.7 Å². The van der Waals surface area contributed by atoms with Gasteiger partial charge in [0.05, 0.1) is 0 Å². The summed E-state index contributed by atoms with van der Waals surface area (Å²) >= 11 is 0. The van der Waals surface area contributed by atoms with E-state index in [1.165, 1.54) is 31.2 Å². The van der Waals surface area contributed by atoms with E-state index in [1.54, 1.807) is 0 Å². The number of benzene rings is 2. The lowest BCUT2D eigenvalue weighted by molar-refractivity contribution is 0.405. The van der Waals surface area contributed by atoms with Crippen molar-refractivity contribution in [3.05, 3.63) is 65.7 Å². The van der Waals surface area contributed by atoms with Gasteiger partial charge in [0.15, 0.2) is 0 Å². The average Bonchev–Trinajstić information content (AvgIpc) is 2.56. The van der Waals surface area contributed by atoms with Gasteiger partial charge >= 0.3 is 0 Å². The Morgan fingerprint density at radius 3 is 2.57 bits per heavy atom. The molecule has 0 aromatic heterocycles. The van der Waals surface area contributed by atoms with Crippen molar-refractivity contribution in [2.45, 2.75) is 37.6 Å². The molecule has 1 fully saturated rings. The molecule has 1 heteroatoms. The van der Waals surface area contributed by atoms with Crippen LogP contribution in [0, 0.1) is 12.3 Å². The van der Waals surface area contributed by atoms with Gasteiger partial charge in [0.2, 0.25) is 0 Å². The van der Waals surface area contributed by atoms with Crippen molar-refractivity contribution in [3.8, 4) is 12.3 Å². The molecule has 106 valence electrons. The van der Waals surface area contributed by atoms with Crippen LogP contribution in [-0.4, -0.2) is 6.04 Å². The first-order valence-electron chi connectivity index (χ1n) is 7.75. The zero-order valence-electron chi connectivity index (χ0n) is 12.3. The van der Waals surface area contributed by atoms with Crippen molar-refractivity contribution in [1.82, 2.24) is 0 Å². The maximum absolute atomic E-state index is 5.49. The fourth-order valence-electron chi connectivity index (χ4n) is 3.32. The third kappa shape index (κ3) is 3.28. The van der Waals surface area contributed by atoms with Gasteiger partial charge in [-0.3, -0.25) is 0 Å². The number of terminal acetylenes is 1. The Balaban J connectivity index is 1.80. The smallest absolute Gasteiger partial charge is 0.0355 e. The lowest BCUT2D eigenvalue weighted by atomic mass is 9.80. The van der Waals surface area contributed by atoms with E-state index in [4.69, 9.17) is 6.42 Å². The van der Waals surface area contributed by atoms with Crippen LogP contribution >= 0.6 is 0 Å². The van der Waals surface area contributed by atoms with Crippen LogP contribution in [0.2, 0.25) is 0 Å². The molecule has 3 rings (SSSR count). The van der Waals surface area contributed by atoms with Crippen LogP contribution in [0.15, 0.2) is 54.6 Å². The molecular weight excluding hydrogens is 254 g/mol. The van der Waals surface area contributed by atoms with Crippen molar-refractivity contribution in [2.75, 3.05) is 5.32 Å². The maximum Gasteiger partial charge on any atom is 0.0355 e. The molecule has 2 unspecified atom stereocenters. The lowest BCUT2D eigenvalue weighted by Crippen LogP contribution is -2.30. The summed E-state index contributed by atoms with van der Waals surface area (Å²) < 4.78 is 0. The highest BCUT2D eigenvalue weighted by atomic mass is 14.9. The molecule has 0 bridgehead atoms. The van der Waals surface area contributed by atoms with Crippen LogP contribution in [0.25, 0.3) is 0 Å². The monoisotopic (exact) mass is 275 g/mol. The highest BCUT2D eigenvalue weighted by molar-refractivity contribution is 5.51. The Bertz CT molecular complexity index is 624. The van der Waals surface area contributed by atoms with E-state index in [9.17, 15) is 0 Å². The third-order valence-electron chi connectivity index (χ3n) is 4.37. The normalized spacial score (nSPS) is 21.5. The minimum Gasteiger partial charge on any atom is -0.382 e. The fraction of sp³-hybridized carbons (Fsp3) is 0.300. The molecule has 1 nitrogen and oxygen atoms in total. The Hall–Kier alpha value is -2.20. The van der Waals surface area contributed by atoms with Crippen LogP contribution in [0.5, 0.6) is 0 Å². The molecule has 2 atom stereocenters. The molecule has 21 heavy (non-hydrogen) atoms. The summed E-state index contributed by atoms with van der Waals surface area (Å²) in [6.45, 7) is 0. The van der Waals surface area contributed by atoms with E-state index < -0.39 is 0 Å². The van der Waals surface area contributed by atoms with E-state index in [2.05, 4.69) is 53.7 Å². The number of hydrogen-bond donors (Lipinski definition) is 1. The predicted octanol–water partition coefficient (Wildman–Crippen LogP) is 4.81. The molecule has 1 aliphatic rings. The Morgan fingerprint density at radius 2 is 1.76 bits per heavy atom. The largest absolute Gasteiger partial charge is 0.382 e. The second kappa shape index (κ2) is 6.50. The first kappa shape index (κ1) is 13.8. The standard InChI is InChI=1S/C20H21N/c1-2-16-9-8-12-18(15-16)21-20-14-7-6-13-19(20)17-10-4-3-5-11-17/h1,3-5,8-12,15,19-21H,6-7,13-14H2. The Labute approximate surface area is 127 Å². The van der Waals surface area contributed by atoms with Gasteiger partial charge < -0.3 is 5.32 Å². The van der Waals surface area contributed by atoms with Gasteiger partial charge in [-0.25, -0.2) is 0 Å². The highest BCUT2D eigenvalue weighted by Crippen LogP contribution is 2.34. The van der Waals surface area contributed by atoms with E-state index in [1.807, 2.05) is 12.1 Å². The molecule has 0 saturated heterocycles. The van der Waals surface area contributed by atoms with Gasteiger partial charge in [0, 0.05) is 23.2 Å². The zero-order valence-corrected chi connectivity index (χ0v) is 12.3. The number of nitrogens with one attached hydrogen (secondary N) is 1. The SMILES string of the molecule is C#Cc1cccc(NC2CCCCC2c2ccccc2)c1. The molecule has 0 amide bonds. The van der Waals surface area contributed by atoms with E-state index in [0.717, 1.165) is 11.3 Å². The summed E-state index contributed by atoms with van der Waals surface area (Å²) in [5.41, 5.74) is 3.52. The zero-order chi connectivity index (χ0) is 14.5. The number of hydrogen-bond acceptors (Lipinski definition) is 1. The van der Waals surface area contributed by atoms with Crippen LogP contribution in [0.4, 0.5) is 5.69 Å². The van der Waals surface area contributed by atoms with Crippen molar-refractivity contribution in [3.63, 3.8) is 0 Å². The van der Waals surface area contributed by atoms with Gasteiger partial charge in [0.1, 0.15) is 0 Å². The Kier molecular flexibility index (Phi) is 4.26. The summed E-state index contributed by atoms with van der Waals surface area (Å²) in [7, 11) is 0. The first-order valence-corrected chi connectivity index (χ1v) is 7.75. The molecular formula is C20H21N. The summed E-state index contributed by atoms with van der Waals surface area (Å²) in [5.74, 6) is 3.30. The molecule has 0 radical (unpaired) electrons. The van der Waals surface area contributed by atoms with E-state index in [0.29, 0.717) is 12.0 Å². The molecule has 1 saturated carbocycles. The van der Waals surface area contributed by atoms with Crippen molar-refractivity contribution in [1.29, 1.82) is 0 Å². The average molecular weight is 275 g/mol. The van der Waals surface area contributed by atoms with Crippen molar-refractivity contribution >= 4 is 5.69 Å². The topological polar surface area (TPSA) is 12.0 Å². The molecule has 0 aliphatic heterocycles. The van der Waals surface area contributed by atoms with Crippen molar-refractivity contribution in [2.24, 2.45) is 0 Å². The third-order valence-corrected chi connectivity index (χ3v) is 4.37. The maximum atomic E-state index is 5.49. The summed E-state index contributed by atoms with van der Waals surface area (Å²) in [6.07, 6.45) is 10.6.